The molecule has 2 rings (SSSR count). The lowest BCUT2D eigenvalue weighted by atomic mass is 10.1. The first-order valence-electron chi connectivity index (χ1n) is 6.58. The molecule has 122 valence electrons. The molecule has 0 fully saturated rings. The first kappa shape index (κ1) is 17.6. The number of hydrogen-bond donors (Lipinski definition) is 1. The van der Waals surface area contributed by atoms with Crippen LogP contribution in [0.4, 0.5) is 18.9 Å². The number of anilines is 1. The zero-order chi connectivity index (χ0) is 17.0. The van der Waals surface area contributed by atoms with Gasteiger partial charge in [0, 0.05) is 16.9 Å². The molecule has 0 unspecified atom stereocenters. The first-order valence-corrected chi connectivity index (χ1v) is 7.94. The Morgan fingerprint density at radius 1 is 1.30 bits per heavy atom. The van der Waals surface area contributed by atoms with Crippen LogP contribution in [-0.2, 0) is 6.18 Å². The van der Waals surface area contributed by atoms with Gasteiger partial charge >= 0.3 is 6.18 Å². The van der Waals surface area contributed by atoms with Crippen LogP contribution in [0.5, 0.6) is 0 Å². The second-order valence-corrected chi connectivity index (χ2v) is 6.18. The van der Waals surface area contributed by atoms with E-state index in [2.05, 4.69) is 10.3 Å². The highest BCUT2D eigenvalue weighted by atomic mass is 35.5. The zero-order valence-electron chi connectivity index (χ0n) is 11.9. The van der Waals surface area contributed by atoms with Crippen LogP contribution in [0.1, 0.15) is 22.8 Å². The van der Waals surface area contributed by atoms with Crippen LogP contribution in [0.2, 0.25) is 5.02 Å². The van der Waals surface area contributed by atoms with Crippen LogP contribution < -0.4 is 5.32 Å². The Hall–Kier alpha value is -1.73. The van der Waals surface area contributed by atoms with E-state index in [0.29, 0.717) is 16.5 Å². The molecule has 3 nitrogen and oxygen atoms in total. The molecule has 23 heavy (non-hydrogen) atoms. The third-order valence-corrected chi connectivity index (χ3v) is 3.88. The predicted molar refractivity (Wildman–Crippen MR) is 85.0 cm³/mol. The normalized spacial score (nSPS) is 11.3. The Morgan fingerprint density at radius 3 is 2.52 bits per heavy atom. The van der Waals surface area contributed by atoms with Crippen LogP contribution in [-0.4, -0.2) is 16.6 Å². The lowest BCUT2D eigenvalue weighted by molar-refractivity contribution is -0.138. The van der Waals surface area contributed by atoms with Crippen molar-refractivity contribution in [3.8, 4) is 0 Å². The van der Waals surface area contributed by atoms with E-state index in [9.17, 15) is 18.0 Å². The zero-order valence-corrected chi connectivity index (χ0v) is 13.5. The summed E-state index contributed by atoms with van der Waals surface area (Å²) < 4.78 is 39.6. The summed E-state index contributed by atoms with van der Waals surface area (Å²) in [6, 6.07) is 6.96. The molecule has 0 aliphatic heterocycles. The number of hydrogen-bond acceptors (Lipinski definition) is 3. The second kappa shape index (κ2) is 7.23. The molecular formula is C15H12ClF3N2OS. The van der Waals surface area contributed by atoms with Crippen molar-refractivity contribution in [3.05, 3.63) is 52.7 Å². The van der Waals surface area contributed by atoms with Gasteiger partial charge in [-0.05, 0) is 36.1 Å². The topological polar surface area (TPSA) is 42.0 Å². The van der Waals surface area contributed by atoms with E-state index in [0.717, 1.165) is 12.3 Å². The number of halogens is 4. The molecular weight excluding hydrogens is 349 g/mol. The van der Waals surface area contributed by atoms with Gasteiger partial charge in [0.1, 0.15) is 0 Å². The third kappa shape index (κ3) is 4.62. The van der Waals surface area contributed by atoms with Crippen molar-refractivity contribution < 1.29 is 18.0 Å². The summed E-state index contributed by atoms with van der Waals surface area (Å²) in [5, 5.41) is 3.09. The maximum absolute atomic E-state index is 13.2. The number of nitrogens with zero attached hydrogens (tertiary/aromatic N) is 1. The summed E-state index contributed by atoms with van der Waals surface area (Å²) in [4.78, 5) is 16.0. The summed E-state index contributed by atoms with van der Waals surface area (Å²) >= 11 is 6.90. The SMILES string of the molecule is CCSc1cc(C(F)(F)F)c(C(=O)Nc2ccc(Cl)cc2)cn1. The van der Waals surface area contributed by atoms with Crippen LogP contribution in [0.15, 0.2) is 41.6 Å². The lowest BCUT2D eigenvalue weighted by Gasteiger charge is -2.13. The minimum atomic E-state index is -4.64. The van der Waals surface area contributed by atoms with Crippen LogP contribution >= 0.6 is 23.4 Å². The van der Waals surface area contributed by atoms with E-state index < -0.39 is 23.2 Å². The number of aromatic nitrogens is 1. The highest BCUT2D eigenvalue weighted by Gasteiger charge is 2.36. The summed E-state index contributed by atoms with van der Waals surface area (Å²) in [6.45, 7) is 1.81. The third-order valence-electron chi connectivity index (χ3n) is 2.82. The van der Waals surface area contributed by atoms with E-state index in [-0.39, 0.29) is 5.03 Å². The van der Waals surface area contributed by atoms with Crippen molar-refractivity contribution in [2.75, 3.05) is 11.1 Å². The lowest BCUT2D eigenvalue weighted by Crippen LogP contribution is -2.19. The van der Waals surface area contributed by atoms with Gasteiger partial charge in [-0.1, -0.05) is 18.5 Å². The summed E-state index contributed by atoms with van der Waals surface area (Å²) in [5.74, 6) is -0.291. The number of nitrogens with one attached hydrogen (secondary N) is 1. The van der Waals surface area contributed by atoms with Crippen molar-refractivity contribution in [1.82, 2.24) is 4.98 Å². The molecule has 0 aliphatic rings. The van der Waals surface area contributed by atoms with Crippen LogP contribution in [0.25, 0.3) is 0 Å². The molecule has 1 aromatic carbocycles. The van der Waals surface area contributed by atoms with Gasteiger partial charge < -0.3 is 5.32 Å². The monoisotopic (exact) mass is 360 g/mol. The molecule has 0 saturated carbocycles. The van der Waals surface area contributed by atoms with Crippen molar-refractivity contribution in [3.63, 3.8) is 0 Å². The molecule has 1 heterocycles. The van der Waals surface area contributed by atoms with Gasteiger partial charge in [0.05, 0.1) is 16.2 Å². The quantitative estimate of drug-likeness (QED) is 0.769. The van der Waals surface area contributed by atoms with Crippen molar-refractivity contribution in [2.45, 2.75) is 18.1 Å². The molecule has 1 aromatic heterocycles. The summed E-state index contributed by atoms with van der Waals surface area (Å²) in [6.07, 6.45) is -3.69. The van der Waals surface area contributed by atoms with E-state index in [1.54, 1.807) is 6.92 Å². The molecule has 1 N–H and O–H groups in total. The van der Waals surface area contributed by atoms with Gasteiger partial charge in [0.15, 0.2) is 0 Å². The fraction of sp³-hybridized carbons (Fsp3) is 0.200. The Labute approximate surface area is 140 Å². The number of amides is 1. The average Bonchev–Trinajstić information content (AvgIpc) is 2.49. The van der Waals surface area contributed by atoms with E-state index >= 15 is 0 Å². The molecule has 0 saturated heterocycles. The average molecular weight is 361 g/mol. The van der Waals surface area contributed by atoms with Gasteiger partial charge in [0.2, 0.25) is 0 Å². The minimum Gasteiger partial charge on any atom is -0.322 e. The maximum atomic E-state index is 13.2. The molecule has 0 spiro atoms. The highest BCUT2D eigenvalue weighted by Crippen LogP contribution is 2.34. The molecule has 1 amide bonds. The number of alkyl halides is 3. The summed E-state index contributed by atoms with van der Waals surface area (Å²) in [7, 11) is 0. The highest BCUT2D eigenvalue weighted by molar-refractivity contribution is 7.99. The standard InChI is InChI=1S/C15H12ClF3N2OS/c1-2-23-13-7-12(15(17,18)19)11(8-20-13)14(22)21-10-5-3-9(16)4-6-10/h3-8H,2H2,1H3,(H,21,22). The minimum absolute atomic E-state index is 0.225. The van der Waals surface area contributed by atoms with Gasteiger partial charge in [0.25, 0.3) is 5.91 Å². The molecule has 8 heteroatoms. The van der Waals surface area contributed by atoms with Crippen molar-refractivity contribution >= 4 is 35.0 Å². The number of benzene rings is 1. The smallest absolute Gasteiger partial charge is 0.322 e. The number of carbonyl (C=O) groups is 1. The first-order chi connectivity index (χ1) is 10.8. The maximum Gasteiger partial charge on any atom is 0.417 e. The Bertz CT molecular complexity index is 705. The van der Waals surface area contributed by atoms with Crippen LogP contribution in [0, 0.1) is 0 Å². The molecule has 0 aliphatic carbocycles. The van der Waals surface area contributed by atoms with Crippen molar-refractivity contribution in [1.29, 1.82) is 0 Å². The van der Waals surface area contributed by atoms with E-state index in [4.69, 9.17) is 11.6 Å². The Morgan fingerprint density at radius 2 is 1.96 bits per heavy atom. The van der Waals surface area contributed by atoms with Crippen LogP contribution in [0.3, 0.4) is 0 Å². The number of pyridine rings is 1. The summed E-state index contributed by atoms with van der Waals surface area (Å²) in [5.41, 5.74) is -1.18. The van der Waals surface area contributed by atoms with Gasteiger partial charge in [-0.3, -0.25) is 4.79 Å². The Kier molecular flexibility index (Phi) is 5.54. The predicted octanol–water partition coefficient (Wildman–Crippen LogP) is 5.12. The number of thioether (sulfide) groups is 1. The van der Waals surface area contributed by atoms with Gasteiger partial charge in [-0.15, -0.1) is 11.8 Å². The fourth-order valence-corrected chi connectivity index (χ4v) is 2.56. The molecule has 0 atom stereocenters. The van der Waals surface area contributed by atoms with Gasteiger partial charge in [-0.2, -0.15) is 13.2 Å². The molecule has 0 radical (unpaired) electrons. The molecule has 0 bridgehead atoms. The number of rotatable bonds is 4. The van der Waals surface area contributed by atoms with E-state index in [1.807, 2.05) is 0 Å². The van der Waals surface area contributed by atoms with E-state index in [1.165, 1.54) is 36.0 Å². The van der Waals surface area contributed by atoms with Crippen molar-refractivity contribution in [2.24, 2.45) is 0 Å². The second-order valence-electron chi connectivity index (χ2n) is 4.46. The molecule has 2 aromatic rings. The largest absolute Gasteiger partial charge is 0.417 e. The fourth-order valence-electron chi connectivity index (χ4n) is 1.81. The Balaban J connectivity index is 2.33. The van der Waals surface area contributed by atoms with Gasteiger partial charge in [-0.25, -0.2) is 4.98 Å². The number of carbonyl (C=O) groups excluding carboxylic acids is 1.